The normalized spacial score (nSPS) is 30.0. The van der Waals surface area contributed by atoms with E-state index in [0.29, 0.717) is 13.0 Å². The molecule has 3 heterocycles. The molecule has 0 radical (unpaired) electrons. The largest absolute Gasteiger partial charge is 0.333 e. The van der Waals surface area contributed by atoms with E-state index in [1.807, 2.05) is 19.9 Å². The topological polar surface area (TPSA) is 81.2 Å². The highest BCUT2D eigenvalue weighted by molar-refractivity contribution is 7.88. The fourth-order valence-electron chi connectivity index (χ4n) is 4.72. The maximum absolute atomic E-state index is 12.8. The average Bonchev–Trinajstić information content (AvgIpc) is 3.11. The molecule has 3 atom stereocenters. The molecule has 0 bridgehead atoms. The predicted molar refractivity (Wildman–Crippen MR) is 107 cm³/mol. The summed E-state index contributed by atoms with van der Waals surface area (Å²) in [6, 6.07) is -0.812. The van der Waals surface area contributed by atoms with E-state index in [9.17, 15) is 18.0 Å². The van der Waals surface area contributed by atoms with Crippen LogP contribution < -0.4 is 0 Å². The molecule has 0 aromatic heterocycles. The van der Waals surface area contributed by atoms with E-state index < -0.39 is 22.0 Å². The van der Waals surface area contributed by atoms with Gasteiger partial charge in [-0.3, -0.25) is 14.5 Å². The van der Waals surface area contributed by atoms with Crippen molar-refractivity contribution in [2.24, 2.45) is 11.8 Å². The van der Waals surface area contributed by atoms with Gasteiger partial charge in [0.2, 0.25) is 21.8 Å². The zero-order valence-corrected chi connectivity index (χ0v) is 18.1. The molecule has 0 unspecified atom stereocenters. The second kappa shape index (κ2) is 8.12. The van der Waals surface area contributed by atoms with Crippen molar-refractivity contribution in [2.75, 3.05) is 52.6 Å². The maximum Gasteiger partial charge on any atom is 0.246 e. The molecule has 0 saturated carbocycles. The zero-order chi connectivity index (χ0) is 20.6. The van der Waals surface area contributed by atoms with Crippen LogP contribution in [0.4, 0.5) is 0 Å². The van der Waals surface area contributed by atoms with Crippen LogP contribution in [0.3, 0.4) is 0 Å². The molecule has 3 fully saturated rings. The lowest BCUT2D eigenvalue weighted by Crippen LogP contribution is -2.44. The molecule has 0 N–H and O–H groups in total. The van der Waals surface area contributed by atoms with Crippen LogP contribution in [0.1, 0.15) is 20.3 Å². The van der Waals surface area contributed by atoms with Gasteiger partial charge in [-0.25, -0.2) is 12.7 Å². The third-order valence-corrected chi connectivity index (χ3v) is 7.34. The molecule has 0 aliphatic carbocycles. The molecule has 8 nitrogen and oxygen atoms in total. The summed E-state index contributed by atoms with van der Waals surface area (Å²) in [5.41, 5.74) is 0. The molecule has 3 aliphatic heterocycles. The standard InChI is InChI=1S/C19H32N4O4S/c1-14(2)17-18-15(23(19(17)25)28(4,26)27)7-9-22(18)16(24)6-5-8-21-12-10-20(3)11-13-21/h5-6,14-15,17-18H,7-13H2,1-4H3/b6-5+/t15-,17+,18-/m0/s1. The fraction of sp³-hybridized carbons (Fsp3) is 0.789. The number of hydrogen-bond acceptors (Lipinski definition) is 6. The second-order valence-corrected chi connectivity index (χ2v) is 10.4. The van der Waals surface area contributed by atoms with Gasteiger partial charge in [-0.15, -0.1) is 0 Å². The highest BCUT2D eigenvalue weighted by Crippen LogP contribution is 2.41. The van der Waals surface area contributed by atoms with Crippen LogP contribution in [0.2, 0.25) is 0 Å². The lowest BCUT2D eigenvalue weighted by atomic mass is 9.88. The lowest BCUT2D eigenvalue weighted by molar-refractivity contribution is -0.131. The van der Waals surface area contributed by atoms with Crippen LogP contribution in [-0.2, 0) is 19.6 Å². The molecular weight excluding hydrogens is 380 g/mol. The van der Waals surface area contributed by atoms with Gasteiger partial charge in [0.1, 0.15) is 0 Å². The van der Waals surface area contributed by atoms with E-state index in [0.717, 1.165) is 43.3 Å². The van der Waals surface area contributed by atoms with Gasteiger partial charge in [-0.05, 0) is 19.4 Å². The number of amides is 2. The van der Waals surface area contributed by atoms with Crippen molar-refractivity contribution in [3.8, 4) is 0 Å². The van der Waals surface area contributed by atoms with Crippen LogP contribution in [0, 0.1) is 11.8 Å². The van der Waals surface area contributed by atoms with Gasteiger partial charge in [0, 0.05) is 45.3 Å². The van der Waals surface area contributed by atoms with E-state index in [2.05, 4.69) is 16.8 Å². The first-order valence-corrected chi connectivity index (χ1v) is 11.9. The molecule has 0 spiro atoms. The molecule has 2 amide bonds. The van der Waals surface area contributed by atoms with Crippen molar-refractivity contribution in [3.63, 3.8) is 0 Å². The van der Waals surface area contributed by atoms with Crippen molar-refractivity contribution in [1.82, 2.24) is 19.0 Å². The van der Waals surface area contributed by atoms with Gasteiger partial charge < -0.3 is 9.80 Å². The van der Waals surface area contributed by atoms with E-state index >= 15 is 0 Å². The first-order chi connectivity index (χ1) is 13.1. The number of carbonyl (C=O) groups is 2. The number of fused-ring (bicyclic) bond motifs is 1. The summed E-state index contributed by atoms with van der Waals surface area (Å²) in [7, 11) is -1.53. The Bertz CT molecular complexity index is 743. The Balaban J connectivity index is 1.70. The van der Waals surface area contributed by atoms with Crippen LogP contribution in [0.5, 0.6) is 0 Å². The monoisotopic (exact) mass is 412 g/mol. The molecule has 28 heavy (non-hydrogen) atoms. The van der Waals surface area contributed by atoms with Crippen LogP contribution in [0.25, 0.3) is 0 Å². The predicted octanol–water partition coefficient (Wildman–Crippen LogP) is -0.166. The van der Waals surface area contributed by atoms with Crippen molar-refractivity contribution < 1.29 is 18.0 Å². The van der Waals surface area contributed by atoms with Gasteiger partial charge in [0.25, 0.3) is 0 Å². The van der Waals surface area contributed by atoms with Gasteiger partial charge in [0.15, 0.2) is 0 Å². The number of carbonyl (C=O) groups excluding carboxylic acids is 2. The number of nitrogens with zero attached hydrogens (tertiary/aromatic N) is 4. The Morgan fingerprint density at radius 2 is 1.82 bits per heavy atom. The minimum Gasteiger partial charge on any atom is -0.333 e. The average molecular weight is 413 g/mol. The number of likely N-dealkylation sites (tertiary alicyclic amines) is 1. The quantitative estimate of drug-likeness (QED) is 0.584. The highest BCUT2D eigenvalue weighted by Gasteiger charge is 2.58. The summed E-state index contributed by atoms with van der Waals surface area (Å²) in [6.07, 6.45) is 5.05. The summed E-state index contributed by atoms with van der Waals surface area (Å²) >= 11 is 0. The Morgan fingerprint density at radius 3 is 2.39 bits per heavy atom. The summed E-state index contributed by atoms with van der Waals surface area (Å²) in [4.78, 5) is 31.9. The van der Waals surface area contributed by atoms with Crippen molar-refractivity contribution in [3.05, 3.63) is 12.2 Å². The number of piperazine rings is 1. The van der Waals surface area contributed by atoms with E-state index in [-0.39, 0.29) is 23.8 Å². The molecule has 3 saturated heterocycles. The summed E-state index contributed by atoms with van der Waals surface area (Å²) in [5, 5.41) is 0. The smallest absolute Gasteiger partial charge is 0.246 e. The summed E-state index contributed by atoms with van der Waals surface area (Å²) in [5.74, 6) is -1.01. The zero-order valence-electron chi connectivity index (χ0n) is 17.2. The molecule has 0 aromatic carbocycles. The maximum atomic E-state index is 12.8. The third kappa shape index (κ3) is 4.11. The fourth-order valence-corrected chi connectivity index (χ4v) is 5.89. The molecule has 3 aliphatic rings. The Morgan fingerprint density at radius 1 is 1.18 bits per heavy atom. The lowest BCUT2D eigenvalue weighted by Gasteiger charge is -2.31. The number of sulfonamides is 1. The molecule has 158 valence electrons. The first kappa shape index (κ1) is 21.3. The number of hydrogen-bond donors (Lipinski definition) is 0. The minimum atomic E-state index is -3.64. The molecule has 9 heteroatoms. The summed E-state index contributed by atoms with van der Waals surface area (Å²) < 4.78 is 25.4. The first-order valence-electron chi connectivity index (χ1n) is 10.0. The van der Waals surface area contributed by atoms with Gasteiger partial charge in [-0.2, -0.15) is 0 Å². The molecular formula is C19H32N4O4S. The Kier molecular flexibility index (Phi) is 6.17. The number of likely N-dealkylation sites (N-methyl/N-ethyl adjacent to an activating group) is 1. The second-order valence-electron chi connectivity index (χ2n) is 8.55. The number of rotatable bonds is 5. The van der Waals surface area contributed by atoms with Gasteiger partial charge in [-0.1, -0.05) is 19.9 Å². The van der Waals surface area contributed by atoms with E-state index in [1.54, 1.807) is 11.0 Å². The van der Waals surface area contributed by atoms with Crippen LogP contribution >= 0.6 is 0 Å². The highest BCUT2D eigenvalue weighted by atomic mass is 32.2. The molecule has 0 aromatic rings. The SMILES string of the molecule is CC(C)[C@H]1C(=O)N(S(C)(=O)=O)[C@H]2CCN(C(=O)/C=C/CN3CCN(C)CC3)[C@H]12. The van der Waals surface area contributed by atoms with Gasteiger partial charge >= 0.3 is 0 Å². The Labute approximate surface area is 168 Å². The van der Waals surface area contributed by atoms with Crippen molar-refractivity contribution in [1.29, 1.82) is 0 Å². The van der Waals surface area contributed by atoms with Crippen LogP contribution in [-0.4, -0.2) is 104 Å². The van der Waals surface area contributed by atoms with E-state index in [1.165, 1.54) is 0 Å². The van der Waals surface area contributed by atoms with Crippen LogP contribution in [0.15, 0.2) is 12.2 Å². The third-order valence-electron chi connectivity index (χ3n) is 6.17. The van der Waals surface area contributed by atoms with Crippen molar-refractivity contribution >= 4 is 21.8 Å². The van der Waals surface area contributed by atoms with Gasteiger partial charge in [0.05, 0.1) is 24.3 Å². The van der Waals surface area contributed by atoms with E-state index in [4.69, 9.17) is 0 Å². The Hall–Kier alpha value is -1.45. The molecule has 3 rings (SSSR count). The summed E-state index contributed by atoms with van der Waals surface area (Å²) in [6.45, 7) is 9.05. The minimum absolute atomic E-state index is 0.0329. The van der Waals surface area contributed by atoms with Crippen molar-refractivity contribution in [2.45, 2.75) is 32.4 Å².